The van der Waals surface area contributed by atoms with Crippen molar-refractivity contribution in [1.29, 1.82) is 0 Å². The summed E-state index contributed by atoms with van der Waals surface area (Å²) in [6.07, 6.45) is 0. The van der Waals surface area contributed by atoms with Crippen LogP contribution in [0.1, 0.15) is 5.56 Å². The van der Waals surface area contributed by atoms with Crippen molar-refractivity contribution in [3.8, 4) is 0 Å². The van der Waals surface area contributed by atoms with Gasteiger partial charge in [0.1, 0.15) is 0 Å². The number of hydrogen-bond acceptors (Lipinski definition) is 2. The fourth-order valence-electron chi connectivity index (χ4n) is 1.76. The number of nitrogens with zero attached hydrogens (tertiary/aromatic N) is 1. The lowest BCUT2D eigenvalue weighted by molar-refractivity contribution is 0.233. The Hall–Kier alpha value is 0.200. The molecule has 1 saturated heterocycles. The van der Waals surface area contributed by atoms with Gasteiger partial charge in [0.2, 0.25) is 0 Å². The Morgan fingerprint density at radius 2 is 1.88 bits per heavy atom. The first-order chi connectivity index (χ1) is 6.84. The highest BCUT2D eigenvalue weighted by molar-refractivity contribution is 9.10. The molecular formula is C11H17BrCl2N2. The van der Waals surface area contributed by atoms with Gasteiger partial charge in [-0.25, -0.2) is 0 Å². The third-order valence-corrected chi connectivity index (χ3v) is 3.00. The van der Waals surface area contributed by atoms with Crippen molar-refractivity contribution in [1.82, 2.24) is 10.2 Å². The van der Waals surface area contributed by atoms with E-state index in [1.807, 2.05) is 0 Å². The van der Waals surface area contributed by atoms with E-state index in [9.17, 15) is 0 Å². The molecule has 0 amide bonds. The molecule has 0 spiro atoms. The molecule has 1 N–H and O–H groups in total. The van der Waals surface area contributed by atoms with Gasteiger partial charge in [0.15, 0.2) is 0 Å². The Labute approximate surface area is 118 Å². The van der Waals surface area contributed by atoms with E-state index in [2.05, 4.69) is 50.4 Å². The van der Waals surface area contributed by atoms with E-state index in [1.54, 1.807) is 0 Å². The van der Waals surface area contributed by atoms with Gasteiger partial charge in [-0.1, -0.05) is 28.1 Å². The molecule has 1 heterocycles. The van der Waals surface area contributed by atoms with E-state index in [-0.39, 0.29) is 24.8 Å². The fourth-order valence-corrected chi connectivity index (χ4v) is 2.21. The predicted molar refractivity (Wildman–Crippen MR) is 76.8 cm³/mol. The van der Waals surface area contributed by atoms with Gasteiger partial charge in [0, 0.05) is 37.2 Å². The molecule has 0 atom stereocenters. The molecule has 2 nitrogen and oxygen atoms in total. The molecule has 1 fully saturated rings. The van der Waals surface area contributed by atoms with Gasteiger partial charge in [0.25, 0.3) is 0 Å². The molecule has 2 rings (SSSR count). The van der Waals surface area contributed by atoms with E-state index < -0.39 is 0 Å². The van der Waals surface area contributed by atoms with Gasteiger partial charge in [-0.2, -0.15) is 0 Å². The van der Waals surface area contributed by atoms with Gasteiger partial charge in [-0.3, -0.25) is 4.90 Å². The van der Waals surface area contributed by atoms with Crippen LogP contribution in [-0.4, -0.2) is 31.1 Å². The molecule has 1 aliphatic rings. The minimum absolute atomic E-state index is 0. The second-order valence-corrected chi connectivity index (χ2v) is 4.57. The molecule has 0 aromatic heterocycles. The molecule has 16 heavy (non-hydrogen) atoms. The minimum Gasteiger partial charge on any atom is -0.314 e. The first-order valence-electron chi connectivity index (χ1n) is 5.02. The highest BCUT2D eigenvalue weighted by Crippen LogP contribution is 2.13. The highest BCUT2D eigenvalue weighted by Gasteiger charge is 2.09. The lowest BCUT2D eigenvalue weighted by atomic mass is 10.2. The highest BCUT2D eigenvalue weighted by atomic mass is 79.9. The summed E-state index contributed by atoms with van der Waals surface area (Å²) >= 11 is 3.50. The third-order valence-electron chi connectivity index (χ3n) is 2.50. The van der Waals surface area contributed by atoms with E-state index in [4.69, 9.17) is 0 Å². The summed E-state index contributed by atoms with van der Waals surface area (Å²) in [6, 6.07) is 8.55. The van der Waals surface area contributed by atoms with Crippen molar-refractivity contribution >= 4 is 40.7 Å². The number of halogens is 3. The molecule has 1 aromatic rings. The van der Waals surface area contributed by atoms with Crippen molar-refractivity contribution in [3.63, 3.8) is 0 Å². The summed E-state index contributed by atoms with van der Waals surface area (Å²) in [5.74, 6) is 0. The van der Waals surface area contributed by atoms with Crippen LogP contribution in [0.4, 0.5) is 0 Å². The summed E-state index contributed by atoms with van der Waals surface area (Å²) in [6.45, 7) is 5.63. The van der Waals surface area contributed by atoms with Gasteiger partial charge in [0.05, 0.1) is 0 Å². The third kappa shape index (κ3) is 5.02. The zero-order valence-corrected chi connectivity index (χ0v) is 12.2. The number of piperazine rings is 1. The van der Waals surface area contributed by atoms with Gasteiger partial charge in [-0.05, 0) is 17.7 Å². The number of hydrogen-bond donors (Lipinski definition) is 1. The van der Waals surface area contributed by atoms with Crippen molar-refractivity contribution in [3.05, 3.63) is 34.3 Å². The Morgan fingerprint density at radius 1 is 1.19 bits per heavy atom. The van der Waals surface area contributed by atoms with E-state index in [0.717, 1.165) is 32.7 Å². The van der Waals surface area contributed by atoms with Crippen molar-refractivity contribution in [2.45, 2.75) is 6.54 Å². The Bertz CT molecular complexity index is 304. The molecule has 5 heteroatoms. The smallest absolute Gasteiger partial charge is 0.0235 e. The van der Waals surface area contributed by atoms with Crippen LogP contribution >= 0.6 is 40.7 Å². The maximum atomic E-state index is 3.50. The van der Waals surface area contributed by atoms with Crippen LogP contribution in [0.5, 0.6) is 0 Å². The lowest BCUT2D eigenvalue weighted by Crippen LogP contribution is -2.42. The van der Waals surface area contributed by atoms with E-state index in [1.165, 1.54) is 10.0 Å². The molecule has 0 unspecified atom stereocenters. The Balaban J connectivity index is 0.00000112. The maximum Gasteiger partial charge on any atom is 0.0235 e. The summed E-state index contributed by atoms with van der Waals surface area (Å²) in [5, 5.41) is 3.36. The normalized spacial score (nSPS) is 16.1. The first-order valence-corrected chi connectivity index (χ1v) is 5.81. The topological polar surface area (TPSA) is 15.3 Å². The largest absolute Gasteiger partial charge is 0.314 e. The van der Waals surface area contributed by atoms with Crippen molar-refractivity contribution in [2.24, 2.45) is 0 Å². The molecule has 1 aliphatic heterocycles. The van der Waals surface area contributed by atoms with Crippen LogP contribution in [0.2, 0.25) is 0 Å². The number of benzene rings is 1. The molecule has 0 bridgehead atoms. The van der Waals surface area contributed by atoms with E-state index >= 15 is 0 Å². The van der Waals surface area contributed by atoms with Gasteiger partial charge < -0.3 is 5.32 Å². The second-order valence-electron chi connectivity index (χ2n) is 3.66. The summed E-state index contributed by atoms with van der Waals surface area (Å²) in [4.78, 5) is 2.48. The van der Waals surface area contributed by atoms with Gasteiger partial charge in [-0.15, -0.1) is 24.8 Å². The zero-order valence-electron chi connectivity index (χ0n) is 8.99. The Morgan fingerprint density at radius 3 is 2.50 bits per heavy atom. The molecule has 0 saturated carbocycles. The summed E-state index contributed by atoms with van der Waals surface area (Å²) in [5.41, 5.74) is 1.39. The SMILES string of the molecule is Brc1cccc(CN2CCNCC2)c1.Cl.Cl. The summed E-state index contributed by atoms with van der Waals surface area (Å²) in [7, 11) is 0. The second kappa shape index (κ2) is 8.31. The van der Waals surface area contributed by atoms with Crippen LogP contribution in [-0.2, 0) is 6.54 Å². The maximum absolute atomic E-state index is 3.50. The molecule has 92 valence electrons. The fraction of sp³-hybridized carbons (Fsp3) is 0.455. The van der Waals surface area contributed by atoms with Crippen LogP contribution < -0.4 is 5.32 Å². The van der Waals surface area contributed by atoms with Crippen LogP contribution in [0, 0.1) is 0 Å². The van der Waals surface area contributed by atoms with Crippen molar-refractivity contribution < 1.29 is 0 Å². The summed E-state index contributed by atoms with van der Waals surface area (Å²) < 4.78 is 1.17. The standard InChI is InChI=1S/C11H15BrN2.2ClH/c12-11-3-1-2-10(8-11)9-14-6-4-13-5-7-14;;/h1-3,8,13H,4-7,9H2;2*1H. The molecule has 0 radical (unpaired) electrons. The van der Waals surface area contributed by atoms with Crippen LogP contribution in [0.25, 0.3) is 0 Å². The Kier molecular flexibility index (Phi) is 8.42. The number of rotatable bonds is 2. The molecular weight excluding hydrogens is 311 g/mol. The molecule has 1 aromatic carbocycles. The quantitative estimate of drug-likeness (QED) is 0.898. The monoisotopic (exact) mass is 326 g/mol. The van der Waals surface area contributed by atoms with Crippen LogP contribution in [0.15, 0.2) is 28.7 Å². The van der Waals surface area contributed by atoms with E-state index in [0.29, 0.717) is 0 Å². The lowest BCUT2D eigenvalue weighted by Gasteiger charge is -2.27. The minimum atomic E-state index is 0. The van der Waals surface area contributed by atoms with Crippen molar-refractivity contribution in [2.75, 3.05) is 26.2 Å². The average molecular weight is 328 g/mol. The van der Waals surface area contributed by atoms with Gasteiger partial charge >= 0.3 is 0 Å². The average Bonchev–Trinajstić information content (AvgIpc) is 2.19. The van der Waals surface area contributed by atoms with Crippen LogP contribution in [0.3, 0.4) is 0 Å². The number of nitrogens with one attached hydrogen (secondary N) is 1. The predicted octanol–water partition coefficient (Wildman–Crippen LogP) is 2.70. The zero-order chi connectivity index (χ0) is 9.80. The molecule has 0 aliphatic carbocycles. The first kappa shape index (κ1) is 16.2.